The molecule has 0 aliphatic carbocycles. The lowest BCUT2D eigenvalue weighted by Crippen LogP contribution is -2.44. The molecule has 1 amide bonds. The molecular weight excluding hydrogens is 330 g/mol. The number of aliphatic hydroxyl groups is 1. The Morgan fingerprint density at radius 1 is 1.04 bits per heavy atom. The second-order valence-electron chi connectivity index (χ2n) is 6.60. The highest BCUT2D eigenvalue weighted by Gasteiger charge is 2.22. The number of hydrogen-bond donors (Lipinski definition) is 2. The molecule has 0 aliphatic heterocycles. The van der Waals surface area contributed by atoms with E-state index in [-0.39, 0.29) is 6.61 Å². The van der Waals surface area contributed by atoms with Crippen LogP contribution in [0.1, 0.15) is 35.3 Å². The summed E-state index contributed by atoms with van der Waals surface area (Å²) in [6, 6.07) is 15.4. The van der Waals surface area contributed by atoms with Gasteiger partial charge in [-0.25, -0.2) is 4.79 Å². The highest BCUT2D eigenvalue weighted by Crippen LogP contribution is 2.11. The molecule has 26 heavy (non-hydrogen) atoms. The van der Waals surface area contributed by atoms with Crippen molar-refractivity contribution in [2.24, 2.45) is 5.92 Å². The molecule has 0 heterocycles. The minimum atomic E-state index is -1.10. The van der Waals surface area contributed by atoms with Crippen molar-refractivity contribution in [1.82, 2.24) is 5.32 Å². The quantitative estimate of drug-likeness (QED) is 0.714. The predicted octanol–water partition coefficient (Wildman–Crippen LogP) is 2.72. The molecule has 5 heteroatoms. The monoisotopic (exact) mass is 355 g/mol. The summed E-state index contributed by atoms with van der Waals surface area (Å²) in [5, 5.41) is 12.0. The number of esters is 1. The minimum Gasteiger partial charge on any atom is -0.459 e. The molecule has 0 aliphatic rings. The molecule has 0 aromatic heterocycles. The smallest absolute Gasteiger partial charge is 0.331 e. The normalized spacial score (nSPS) is 11.8. The van der Waals surface area contributed by atoms with Crippen LogP contribution in [0.15, 0.2) is 54.6 Å². The highest BCUT2D eigenvalue weighted by atomic mass is 16.5. The fraction of sp³-hybridized carbons (Fsp3) is 0.333. The number of ether oxygens (including phenoxy) is 1. The molecule has 0 fully saturated rings. The van der Waals surface area contributed by atoms with Crippen LogP contribution in [0.5, 0.6) is 0 Å². The minimum absolute atomic E-state index is 0.0932. The highest BCUT2D eigenvalue weighted by molar-refractivity contribution is 5.97. The Morgan fingerprint density at radius 3 is 2.38 bits per heavy atom. The Labute approximate surface area is 154 Å². The van der Waals surface area contributed by atoms with Crippen LogP contribution in [0.2, 0.25) is 0 Å². The van der Waals surface area contributed by atoms with Crippen molar-refractivity contribution in [3.63, 3.8) is 0 Å². The summed E-state index contributed by atoms with van der Waals surface area (Å²) in [6.07, 6.45) is 0.865. The molecule has 0 bridgehead atoms. The first-order valence-electron chi connectivity index (χ1n) is 8.70. The Morgan fingerprint density at radius 2 is 1.73 bits per heavy atom. The molecule has 2 N–H and O–H groups in total. The van der Waals surface area contributed by atoms with Crippen molar-refractivity contribution in [2.75, 3.05) is 6.61 Å². The molecule has 0 radical (unpaired) electrons. The molecule has 0 spiro atoms. The van der Waals surface area contributed by atoms with Crippen LogP contribution in [-0.2, 0) is 22.6 Å². The van der Waals surface area contributed by atoms with Gasteiger partial charge in [0.05, 0.1) is 6.61 Å². The lowest BCUT2D eigenvalue weighted by atomic mass is 10.0. The van der Waals surface area contributed by atoms with E-state index in [4.69, 9.17) is 4.74 Å². The van der Waals surface area contributed by atoms with Gasteiger partial charge in [-0.1, -0.05) is 56.3 Å². The summed E-state index contributed by atoms with van der Waals surface area (Å²) in [6.45, 7) is 3.79. The van der Waals surface area contributed by atoms with Gasteiger partial charge in [-0.2, -0.15) is 0 Å². The average Bonchev–Trinajstić information content (AvgIpc) is 2.64. The third-order valence-electron chi connectivity index (χ3n) is 3.83. The van der Waals surface area contributed by atoms with E-state index in [0.717, 1.165) is 17.5 Å². The Balaban J connectivity index is 1.95. The SMILES string of the molecule is CC(C)Cc1cccc(C(=O)N[C@@H](CO)C(=O)OCc2ccccc2)c1. The van der Waals surface area contributed by atoms with Crippen molar-refractivity contribution in [3.8, 4) is 0 Å². The van der Waals surface area contributed by atoms with Crippen LogP contribution in [0, 0.1) is 5.92 Å². The molecule has 1 atom stereocenters. The zero-order valence-electron chi connectivity index (χ0n) is 15.1. The summed E-state index contributed by atoms with van der Waals surface area (Å²) in [7, 11) is 0. The lowest BCUT2D eigenvalue weighted by Gasteiger charge is -2.16. The van der Waals surface area contributed by atoms with Crippen LogP contribution in [0.4, 0.5) is 0 Å². The fourth-order valence-electron chi connectivity index (χ4n) is 2.56. The van der Waals surface area contributed by atoms with Crippen molar-refractivity contribution in [1.29, 1.82) is 0 Å². The molecule has 0 saturated carbocycles. The topological polar surface area (TPSA) is 75.6 Å². The largest absolute Gasteiger partial charge is 0.459 e. The number of carbonyl (C=O) groups is 2. The summed E-state index contributed by atoms with van der Waals surface area (Å²) >= 11 is 0. The van der Waals surface area contributed by atoms with E-state index < -0.39 is 24.5 Å². The van der Waals surface area contributed by atoms with E-state index in [1.54, 1.807) is 12.1 Å². The van der Waals surface area contributed by atoms with E-state index in [0.29, 0.717) is 11.5 Å². The van der Waals surface area contributed by atoms with Gasteiger partial charge in [0.25, 0.3) is 5.91 Å². The van der Waals surface area contributed by atoms with Gasteiger partial charge in [0, 0.05) is 5.56 Å². The number of rotatable bonds is 8. The van der Waals surface area contributed by atoms with E-state index in [1.165, 1.54) is 0 Å². The molecule has 138 valence electrons. The van der Waals surface area contributed by atoms with Crippen LogP contribution >= 0.6 is 0 Å². The number of hydrogen-bond acceptors (Lipinski definition) is 4. The first-order chi connectivity index (χ1) is 12.5. The zero-order valence-corrected chi connectivity index (χ0v) is 15.1. The third kappa shape index (κ3) is 6.01. The van der Waals surface area contributed by atoms with Gasteiger partial charge in [0.2, 0.25) is 0 Å². The predicted molar refractivity (Wildman–Crippen MR) is 99.6 cm³/mol. The number of amides is 1. The maximum absolute atomic E-state index is 12.4. The maximum atomic E-state index is 12.4. The third-order valence-corrected chi connectivity index (χ3v) is 3.83. The summed E-state index contributed by atoms with van der Waals surface area (Å²) in [5.41, 5.74) is 2.35. The summed E-state index contributed by atoms with van der Waals surface area (Å²) in [4.78, 5) is 24.5. The van der Waals surface area contributed by atoms with Crippen molar-refractivity contribution in [2.45, 2.75) is 32.9 Å². The van der Waals surface area contributed by atoms with E-state index in [2.05, 4.69) is 19.2 Å². The standard InChI is InChI=1S/C21H25NO4/c1-15(2)11-17-9-6-10-18(12-17)20(24)22-19(13-23)21(25)26-14-16-7-4-3-5-8-16/h3-10,12,15,19,23H,11,13-14H2,1-2H3,(H,22,24)/t19-/m0/s1. The Kier molecular flexibility index (Phi) is 7.36. The first-order valence-corrected chi connectivity index (χ1v) is 8.70. The van der Waals surface area contributed by atoms with E-state index in [9.17, 15) is 14.7 Å². The van der Waals surface area contributed by atoms with Gasteiger partial charge in [-0.15, -0.1) is 0 Å². The van der Waals surface area contributed by atoms with Gasteiger partial charge < -0.3 is 15.2 Å². The van der Waals surface area contributed by atoms with Crippen LogP contribution in [-0.4, -0.2) is 29.6 Å². The van der Waals surface area contributed by atoms with Crippen molar-refractivity contribution >= 4 is 11.9 Å². The van der Waals surface area contributed by atoms with Gasteiger partial charge in [0.15, 0.2) is 6.04 Å². The van der Waals surface area contributed by atoms with E-state index >= 15 is 0 Å². The van der Waals surface area contributed by atoms with Gasteiger partial charge in [-0.05, 0) is 35.6 Å². The Bertz CT molecular complexity index is 728. The molecule has 2 aromatic rings. The van der Waals surface area contributed by atoms with Gasteiger partial charge >= 0.3 is 5.97 Å². The molecule has 0 unspecified atom stereocenters. The number of benzene rings is 2. The molecule has 2 aromatic carbocycles. The number of aliphatic hydroxyl groups excluding tert-OH is 1. The molecule has 2 rings (SSSR count). The summed E-state index contributed by atoms with van der Waals surface area (Å²) in [5.74, 6) is -0.596. The molecule has 0 saturated heterocycles. The number of carbonyl (C=O) groups excluding carboxylic acids is 2. The maximum Gasteiger partial charge on any atom is 0.331 e. The van der Waals surface area contributed by atoms with Crippen LogP contribution < -0.4 is 5.32 Å². The van der Waals surface area contributed by atoms with Crippen LogP contribution in [0.3, 0.4) is 0 Å². The number of nitrogens with one attached hydrogen (secondary N) is 1. The van der Waals surface area contributed by atoms with Gasteiger partial charge in [-0.3, -0.25) is 4.79 Å². The van der Waals surface area contributed by atoms with Gasteiger partial charge in [0.1, 0.15) is 6.61 Å². The second kappa shape index (κ2) is 9.73. The van der Waals surface area contributed by atoms with Crippen molar-refractivity contribution < 1.29 is 19.4 Å². The zero-order chi connectivity index (χ0) is 18.9. The average molecular weight is 355 g/mol. The van der Waals surface area contributed by atoms with Crippen LogP contribution in [0.25, 0.3) is 0 Å². The summed E-state index contributed by atoms with van der Waals surface area (Å²) < 4.78 is 5.18. The van der Waals surface area contributed by atoms with Crippen molar-refractivity contribution in [3.05, 3.63) is 71.3 Å². The fourth-order valence-corrected chi connectivity index (χ4v) is 2.56. The lowest BCUT2D eigenvalue weighted by molar-refractivity contribution is -0.148. The Hall–Kier alpha value is -2.66. The van der Waals surface area contributed by atoms with E-state index in [1.807, 2.05) is 42.5 Å². The first kappa shape index (κ1) is 19.7. The molecule has 5 nitrogen and oxygen atoms in total. The second-order valence-corrected chi connectivity index (χ2v) is 6.60. The molecular formula is C21H25NO4.